The van der Waals surface area contributed by atoms with E-state index in [1.54, 1.807) is 6.92 Å². The molecule has 0 radical (unpaired) electrons. The molecule has 2 N–H and O–H groups in total. The molecule has 0 fully saturated rings. The van der Waals surface area contributed by atoms with Gasteiger partial charge in [0.25, 0.3) is 0 Å². The highest BCUT2D eigenvalue weighted by molar-refractivity contribution is 5.21. The molecule has 0 aromatic heterocycles. The third-order valence-corrected chi connectivity index (χ3v) is 1.94. The normalized spacial score (nSPS) is 15.0. The Morgan fingerprint density at radius 2 is 1.73 bits per heavy atom. The molecular formula is C12H19NO2. The molecule has 0 saturated carbocycles. The van der Waals surface area contributed by atoms with Gasteiger partial charge in [-0.15, -0.1) is 0 Å². The largest absolute Gasteiger partial charge is 0.473 e. The summed E-state index contributed by atoms with van der Waals surface area (Å²) in [5.74, 6) is 0.761. The lowest BCUT2D eigenvalue weighted by molar-refractivity contribution is 0.0218. The molecule has 0 bridgehead atoms. The lowest BCUT2D eigenvalue weighted by atomic mass is 10.3. The van der Waals surface area contributed by atoms with E-state index in [0.29, 0.717) is 0 Å². The Morgan fingerprint density at radius 3 is 2.20 bits per heavy atom. The van der Waals surface area contributed by atoms with Crippen LogP contribution in [-0.2, 0) is 0 Å². The van der Waals surface area contributed by atoms with E-state index in [4.69, 9.17) is 4.74 Å². The van der Waals surface area contributed by atoms with Gasteiger partial charge >= 0.3 is 0 Å². The molecule has 1 aromatic carbocycles. The van der Waals surface area contributed by atoms with Crippen LogP contribution in [0.2, 0.25) is 0 Å². The number of aliphatic hydroxyl groups is 1. The van der Waals surface area contributed by atoms with Crippen molar-refractivity contribution in [1.29, 1.82) is 0 Å². The fourth-order valence-electron chi connectivity index (χ4n) is 1.25. The lowest BCUT2D eigenvalue weighted by Crippen LogP contribution is -2.46. The molecule has 1 rings (SSSR count). The molecule has 0 spiro atoms. The monoisotopic (exact) mass is 209 g/mol. The second kappa shape index (κ2) is 5.73. The highest BCUT2D eigenvalue weighted by atomic mass is 16.5. The average molecular weight is 209 g/mol. The molecule has 0 amide bonds. The van der Waals surface area contributed by atoms with Gasteiger partial charge < -0.3 is 9.84 Å². The van der Waals surface area contributed by atoms with Gasteiger partial charge in [-0.25, -0.2) is 0 Å². The van der Waals surface area contributed by atoms with Crippen molar-refractivity contribution in [2.45, 2.75) is 39.1 Å². The highest BCUT2D eigenvalue weighted by Crippen LogP contribution is 2.11. The van der Waals surface area contributed by atoms with Gasteiger partial charge in [-0.3, -0.25) is 5.32 Å². The van der Waals surface area contributed by atoms with E-state index < -0.39 is 6.10 Å². The first kappa shape index (κ1) is 12.0. The van der Waals surface area contributed by atoms with Crippen LogP contribution in [0.15, 0.2) is 30.3 Å². The van der Waals surface area contributed by atoms with Gasteiger partial charge in [-0.2, -0.15) is 0 Å². The smallest absolute Gasteiger partial charge is 0.176 e. The number of aliphatic hydroxyl groups excluding tert-OH is 1. The first-order chi connectivity index (χ1) is 7.09. The van der Waals surface area contributed by atoms with Crippen molar-refractivity contribution in [2.24, 2.45) is 0 Å². The fourth-order valence-corrected chi connectivity index (χ4v) is 1.25. The minimum Gasteiger partial charge on any atom is -0.473 e. The van der Waals surface area contributed by atoms with Gasteiger partial charge in [0.05, 0.1) is 0 Å². The van der Waals surface area contributed by atoms with Crippen molar-refractivity contribution in [2.75, 3.05) is 0 Å². The maximum absolute atomic E-state index is 9.53. The Morgan fingerprint density at radius 1 is 1.13 bits per heavy atom. The summed E-state index contributed by atoms with van der Waals surface area (Å²) in [6.45, 7) is 5.75. The van der Waals surface area contributed by atoms with Crippen LogP contribution in [0.3, 0.4) is 0 Å². The lowest BCUT2D eigenvalue weighted by Gasteiger charge is -2.24. The molecule has 84 valence electrons. The Hall–Kier alpha value is -1.06. The van der Waals surface area contributed by atoms with Crippen LogP contribution >= 0.6 is 0 Å². The third-order valence-electron chi connectivity index (χ3n) is 1.94. The quantitative estimate of drug-likeness (QED) is 0.726. The Balaban J connectivity index is 2.59. The van der Waals surface area contributed by atoms with Crippen molar-refractivity contribution >= 4 is 0 Å². The zero-order valence-corrected chi connectivity index (χ0v) is 9.47. The molecule has 2 atom stereocenters. The fraction of sp³-hybridized carbons (Fsp3) is 0.500. The zero-order valence-electron chi connectivity index (χ0n) is 9.47. The molecule has 1 aromatic rings. The number of benzene rings is 1. The van der Waals surface area contributed by atoms with Crippen molar-refractivity contribution in [3.63, 3.8) is 0 Å². The van der Waals surface area contributed by atoms with Crippen molar-refractivity contribution in [3.05, 3.63) is 30.3 Å². The second-order valence-corrected chi connectivity index (χ2v) is 3.91. The number of rotatable bonds is 5. The van der Waals surface area contributed by atoms with Gasteiger partial charge in [-0.1, -0.05) is 18.2 Å². The summed E-state index contributed by atoms with van der Waals surface area (Å²) in [5, 5.41) is 12.7. The van der Waals surface area contributed by atoms with Gasteiger partial charge in [0.2, 0.25) is 0 Å². The van der Waals surface area contributed by atoms with Crippen molar-refractivity contribution in [1.82, 2.24) is 5.32 Å². The maximum atomic E-state index is 9.53. The Bertz CT molecular complexity index is 272. The molecule has 0 heterocycles. The van der Waals surface area contributed by atoms with Gasteiger partial charge in [0.15, 0.2) is 6.23 Å². The van der Waals surface area contributed by atoms with E-state index in [-0.39, 0.29) is 12.3 Å². The van der Waals surface area contributed by atoms with Gasteiger partial charge in [0, 0.05) is 6.04 Å². The van der Waals surface area contributed by atoms with E-state index in [1.807, 2.05) is 44.2 Å². The molecule has 15 heavy (non-hydrogen) atoms. The summed E-state index contributed by atoms with van der Waals surface area (Å²) in [4.78, 5) is 0. The molecule has 0 saturated heterocycles. The van der Waals surface area contributed by atoms with Crippen LogP contribution < -0.4 is 10.1 Å². The van der Waals surface area contributed by atoms with E-state index in [1.165, 1.54) is 0 Å². The van der Waals surface area contributed by atoms with E-state index in [9.17, 15) is 5.11 Å². The number of para-hydroxylation sites is 1. The minimum absolute atomic E-state index is 0.272. The van der Waals surface area contributed by atoms with Crippen molar-refractivity contribution in [3.8, 4) is 5.75 Å². The molecule has 2 unspecified atom stereocenters. The van der Waals surface area contributed by atoms with Crippen LogP contribution in [0.5, 0.6) is 5.75 Å². The topological polar surface area (TPSA) is 41.5 Å². The molecule has 0 aliphatic heterocycles. The SMILES string of the molecule is CC(C)NC(Oc1ccccc1)C(C)O. The second-order valence-electron chi connectivity index (χ2n) is 3.91. The molecule has 0 aliphatic carbocycles. The van der Waals surface area contributed by atoms with E-state index >= 15 is 0 Å². The summed E-state index contributed by atoms with van der Waals surface area (Å²) in [7, 11) is 0. The number of nitrogens with one attached hydrogen (secondary N) is 1. The molecule has 3 heteroatoms. The maximum Gasteiger partial charge on any atom is 0.176 e. The number of hydrogen-bond donors (Lipinski definition) is 2. The first-order valence-electron chi connectivity index (χ1n) is 5.25. The van der Waals surface area contributed by atoms with Crippen LogP contribution in [0.1, 0.15) is 20.8 Å². The minimum atomic E-state index is -0.549. The number of hydrogen-bond acceptors (Lipinski definition) is 3. The molecule has 0 aliphatic rings. The highest BCUT2D eigenvalue weighted by Gasteiger charge is 2.16. The van der Waals surface area contributed by atoms with Crippen LogP contribution in [0, 0.1) is 0 Å². The Labute approximate surface area is 91.1 Å². The standard InChI is InChI=1S/C12H19NO2/c1-9(2)13-12(10(3)14)15-11-7-5-4-6-8-11/h4-10,12-14H,1-3H3. The first-order valence-corrected chi connectivity index (χ1v) is 5.25. The van der Waals surface area contributed by atoms with Crippen LogP contribution in [0.4, 0.5) is 0 Å². The summed E-state index contributed by atoms with van der Waals surface area (Å²) in [6.07, 6.45) is -0.917. The van der Waals surface area contributed by atoms with Crippen LogP contribution in [0.25, 0.3) is 0 Å². The molecular weight excluding hydrogens is 190 g/mol. The average Bonchev–Trinajstić information content (AvgIpc) is 2.17. The summed E-state index contributed by atoms with van der Waals surface area (Å²) in [5.41, 5.74) is 0. The third kappa shape index (κ3) is 4.32. The summed E-state index contributed by atoms with van der Waals surface area (Å²) < 4.78 is 5.63. The van der Waals surface area contributed by atoms with E-state index in [2.05, 4.69) is 5.32 Å². The Kier molecular flexibility index (Phi) is 4.59. The van der Waals surface area contributed by atoms with Crippen molar-refractivity contribution < 1.29 is 9.84 Å². The zero-order chi connectivity index (χ0) is 11.3. The molecule has 3 nitrogen and oxygen atoms in total. The predicted octanol–water partition coefficient (Wildman–Crippen LogP) is 1.77. The summed E-state index contributed by atoms with van der Waals surface area (Å²) in [6, 6.07) is 9.76. The summed E-state index contributed by atoms with van der Waals surface area (Å²) >= 11 is 0. The number of ether oxygens (including phenoxy) is 1. The van der Waals surface area contributed by atoms with Crippen LogP contribution in [-0.4, -0.2) is 23.5 Å². The van der Waals surface area contributed by atoms with Gasteiger partial charge in [-0.05, 0) is 32.9 Å². The van der Waals surface area contributed by atoms with Gasteiger partial charge in [0.1, 0.15) is 11.9 Å². The predicted molar refractivity (Wildman–Crippen MR) is 60.8 cm³/mol. The van der Waals surface area contributed by atoms with E-state index in [0.717, 1.165) is 5.75 Å².